The molecule has 0 saturated carbocycles. The van der Waals surface area contributed by atoms with E-state index in [0.29, 0.717) is 19.0 Å². The molecule has 3 rings (SSSR count). The molecule has 130 valence electrons. The first-order valence-corrected chi connectivity index (χ1v) is 8.78. The average Bonchev–Trinajstić information content (AvgIpc) is 2.92. The lowest BCUT2D eigenvalue weighted by molar-refractivity contribution is 0.0173. The molecule has 1 aliphatic heterocycles. The Morgan fingerprint density at radius 3 is 2.96 bits per heavy atom. The highest BCUT2D eigenvalue weighted by Gasteiger charge is 2.30. The molecule has 1 fully saturated rings. The van der Waals surface area contributed by atoms with Gasteiger partial charge in [0.25, 0.3) is 0 Å². The average molecular weight is 351 g/mol. The van der Waals surface area contributed by atoms with Crippen LogP contribution >= 0.6 is 11.6 Å². The van der Waals surface area contributed by atoms with Crippen LogP contribution in [-0.4, -0.2) is 44.2 Å². The summed E-state index contributed by atoms with van der Waals surface area (Å²) in [6.07, 6.45) is 3.37. The number of aromatic nitrogens is 3. The fourth-order valence-corrected chi connectivity index (χ4v) is 3.30. The maximum atomic E-state index is 12.4. The van der Waals surface area contributed by atoms with Crippen molar-refractivity contribution in [2.75, 3.05) is 13.1 Å². The normalized spacial score (nSPS) is 18.8. The van der Waals surface area contributed by atoms with Crippen molar-refractivity contribution in [2.45, 2.75) is 51.1 Å². The van der Waals surface area contributed by atoms with Gasteiger partial charge in [-0.2, -0.15) is 0 Å². The summed E-state index contributed by atoms with van der Waals surface area (Å²) in [5.74, 6) is 1.11. The van der Waals surface area contributed by atoms with E-state index in [0.717, 1.165) is 29.8 Å². The van der Waals surface area contributed by atoms with Gasteiger partial charge in [-0.15, -0.1) is 11.6 Å². The standard InChI is InChI=1S/C17H23ClN4O2/c1-17(2,3)24-16(23)21-9-5-6-12(11-21)22-14(10-18)20-13-7-4-8-19-15(13)22/h4,7-8,12H,5-6,9-11H2,1-3H3/t12-/m0/s1. The van der Waals surface area contributed by atoms with Gasteiger partial charge in [0.05, 0.1) is 11.9 Å². The summed E-state index contributed by atoms with van der Waals surface area (Å²) in [4.78, 5) is 23.2. The van der Waals surface area contributed by atoms with Gasteiger partial charge in [-0.25, -0.2) is 14.8 Å². The fraction of sp³-hybridized carbons (Fsp3) is 0.588. The fourth-order valence-electron chi connectivity index (χ4n) is 3.11. The van der Waals surface area contributed by atoms with Crippen LogP contribution in [0.15, 0.2) is 18.3 Å². The monoisotopic (exact) mass is 350 g/mol. The van der Waals surface area contributed by atoms with Crippen LogP contribution in [0.4, 0.5) is 4.79 Å². The SMILES string of the molecule is CC(C)(C)OC(=O)N1CCC[C@H](n2c(CCl)nc3cccnc32)C1. The van der Waals surface area contributed by atoms with Gasteiger partial charge >= 0.3 is 6.09 Å². The summed E-state index contributed by atoms with van der Waals surface area (Å²) in [7, 11) is 0. The molecule has 2 aromatic heterocycles. The lowest BCUT2D eigenvalue weighted by Crippen LogP contribution is -2.43. The number of rotatable bonds is 2. The zero-order chi connectivity index (χ0) is 17.3. The van der Waals surface area contributed by atoms with Crippen LogP contribution in [0.5, 0.6) is 0 Å². The number of amides is 1. The van der Waals surface area contributed by atoms with Crippen LogP contribution in [0, 0.1) is 0 Å². The predicted octanol–water partition coefficient (Wildman–Crippen LogP) is 3.74. The minimum Gasteiger partial charge on any atom is -0.444 e. The molecule has 0 spiro atoms. The second-order valence-corrected chi connectivity index (χ2v) is 7.37. The Morgan fingerprint density at radius 1 is 1.46 bits per heavy atom. The van der Waals surface area contributed by atoms with Crippen molar-refractivity contribution in [1.29, 1.82) is 0 Å². The summed E-state index contributed by atoms with van der Waals surface area (Å²) in [6.45, 7) is 6.93. The number of likely N-dealkylation sites (tertiary alicyclic amines) is 1. The van der Waals surface area contributed by atoms with Crippen molar-refractivity contribution < 1.29 is 9.53 Å². The summed E-state index contributed by atoms with van der Waals surface area (Å²) < 4.78 is 7.59. The third-order valence-electron chi connectivity index (χ3n) is 4.05. The molecule has 0 bridgehead atoms. The number of alkyl halides is 1. The minimum absolute atomic E-state index is 0.111. The Labute approximate surface area is 146 Å². The van der Waals surface area contributed by atoms with Gasteiger partial charge in [0.2, 0.25) is 0 Å². The van der Waals surface area contributed by atoms with Crippen molar-refractivity contribution in [1.82, 2.24) is 19.4 Å². The summed E-state index contributed by atoms with van der Waals surface area (Å²) >= 11 is 6.09. The number of nitrogens with zero attached hydrogens (tertiary/aromatic N) is 4. The summed E-state index contributed by atoms with van der Waals surface area (Å²) in [5, 5.41) is 0. The molecule has 1 saturated heterocycles. The maximum Gasteiger partial charge on any atom is 0.410 e. The molecule has 0 aliphatic carbocycles. The van der Waals surface area contributed by atoms with Crippen LogP contribution in [0.25, 0.3) is 11.2 Å². The van der Waals surface area contributed by atoms with E-state index in [1.54, 1.807) is 11.1 Å². The Bertz CT molecular complexity index is 738. The minimum atomic E-state index is -0.491. The van der Waals surface area contributed by atoms with Gasteiger partial charge in [0, 0.05) is 19.3 Å². The third kappa shape index (κ3) is 3.48. The zero-order valence-corrected chi connectivity index (χ0v) is 15.1. The molecule has 2 aromatic rings. The molecule has 1 atom stereocenters. The molecular weight excluding hydrogens is 328 g/mol. The topological polar surface area (TPSA) is 60.2 Å². The quantitative estimate of drug-likeness (QED) is 0.774. The molecule has 0 radical (unpaired) electrons. The van der Waals surface area contributed by atoms with Gasteiger partial charge in [-0.3, -0.25) is 0 Å². The second-order valence-electron chi connectivity index (χ2n) is 7.10. The van der Waals surface area contributed by atoms with E-state index in [1.807, 2.05) is 32.9 Å². The number of ether oxygens (including phenoxy) is 1. The van der Waals surface area contributed by atoms with E-state index in [-0.39, 0.29) is 12.1 Å². The van der Waals surface area contributed by atoms with Crippen LogP contribution in [-0.2, 0) is 10.6 Å². The highest BCUT2D eigenvalue weighted by molar-refractivity contribution is 6.16. The Balaban J connectivity index is 1.86. The number of piperidine rings is 1. The molecule has 1 amide bonds. The van der Waals surface area contributed by atoms with Gasteiger partial charge in [0.1, 0.15) is 16.9 Å². The summed E-state index contributed by atoms with van der Waals surface area (Å²) in [5.41, 5.74) is 1.17. The third-order valence-corrected chi connectivity index (χ3v) is 4.29. The van der Waals surface area contributed by atoms with E-state index in [1.165, 1.54) is 0 Å². The van der Waals surface area contributed by atoms with E-state index < -0.39 is 5.60 Å². The molecular formula is C17H23ClN4O2. The van der Waals surface area contributed by atoms with Crippen molar-refractivity contribution >= 4 is 28.9 Å². The Morgan fingerprint density at radius 2 is 2.25 bits per heavy atom. The number of imidazole rings is 1. The number of carbonyl (C=O) groups excluding carboxylic acids is 1. The van der Waals surface area contributed by atoms with E-state index in [4.69, 9.17) is 16.3 Å². The largest absolute Gasteiger partial charge is 0.444 e. The Hall–Kier alpha value is -1.82. The number of pyridine rings is 1. The van der Waals surface area contributed by atoms with Crippen molar-refractivity contribution in [2.24, 2.45) is 0 Å². The highest BCUT2D eigenvalue weighted by atomic mass is 35.5. The molecule has 1 aliphatic rings. The smallest absolute Gasteiger partial charge is 0.410 e. The van der Waals surface area contributed by atoms with Gasteiger partial charge < -0.3 is 14.2 Å². The summed E-state index contributed by atoms with van der Waals surface area (Å²) in [6, 6.07) is 3.91. The van der Waals surface area contributed by atoms with Gasteiger partial charge in [-0.1, -0.05) is 0 Å². The number of hydrogen-bond donors (Lipinski definition) is 0. The second kappa shape index (κ2) is 6.59. The number of hydrogen-bond acceptors (Lipinski definition) is 4. The van der Waals surface area contributed by atoms with Crippen molar-refractivity contribution in [3.05, 3.63) is 24.2 Å². The van der Waals surface area contributed by atoms with Crippen LogP contribution in [0.3, 0.4) is 0 Å². The predicted molar refractivity (Wildman–Crippen MR) is 93.2 cm³/mol. The molecule has 0 N–H and O–H groups in total. The molecule has 0 aromatic carbocycles. The van der Waals surface area contributed by atoms with Gasteiger partial charge in [0.15, 0.2) is 5.65 Å². The molecule has 0 unspecified atom stereocenters. The van der Waals surface area contributed by atoms with Crippen molar-refractivity contribution in [3.8, 4) is 0 Å². The number of fused-ring (bicyclic) bond motifs is 1. The first kappa shape index (κ1) is 17.0. The lowest BCUT2D eigenvalue weighted by Gasteiger charge is -2.35. The number of carbonyl (C=O) groups is 1. The molecule has 7 heteroatoms. The van der Waals surface area contributed by atoms with E-state index in [9.17, 15) is 4.79 Å². The van der Waals surface area contributed by atoms with Gasteiger partial charge in [-0.05, 0) is 45.7 Å². The maximum absolute atomic E-state index is 12.4. The molecule has 3 heterocycles. The lowest BCUT2D eigenvalue weighted by atomic mass is 10.1. The highest BCUT2D eigenvalue weighted by Crippen LogP contribution is 2.28. The van der Waals surface area contributed by atoms with Crippen molar-refractivity contribution in [3.63, 3.8) is 0 Å². The first-order valence-electron chi connectivity index (χ1n) is 8.25. The molecule has 6 nitrogen and oxygen atoms in total. The number of halogens is 1. The molecule has 24 heavy (non-hydrogen) atoms. The first-order chi connectivity index (χ1) is 11.4. The van der Waals surface area contributed by atoms with E-state index >= 15 is 0 Å². The zero-order valence-electron chi connectivity index (χ0n) is 14.3. The van der Waals surface area contributed by atoms with Crippen LogP contribution < -0.4 is 0 Å². The van der Waals surface area contributed by atoms with Crippen LogP contribution in [0.2, 0.25) is 0 Å². The Kier molecular flexibility index (Phi) is 4.67. The van der Waals surface area contributed by atoms with E-state index in [2.05, 4.69) is 14.5 Å². The van der Waals surface area contributed by atoms with Crippen LogP contribution in [0.1, 0.15) is 45.5 Å².